The van der Waals surface area contributed by atoms with E-state index in [2.05, 4.69) is 32.0 Å². The molecule has 0 fully saturated rings. The average Bonchev–Trinajstić information content (AvgIpc) is 2.41. The zero-order valence-electron chi connectivity index (χ0n) is 11.7. The number of aryl methyl sites for hydroxylation is 2. The van der Waals surface area contributed by atoms with Crippen molar-refractivity contribution in [2.24, 2.45) is 0 Å². The molecule has 0 bridgehead atoms. The molecule has 2 aromatic rings. The minimum atomic E-state index is -0.783. The molecule has 2 aromatic carbocycles. The van der Waals surface area contributed by atoms with Crippen LogP contribution in [0.25, 0.3) is 0 Å². The molecule has 0 radical (unpaired) electrons. The van der Waals surface area contributed by atoms with E-state index in [4.69, 9.17) is 5.11 Å². The number of hydrogen-bond acceptors (Lipinski definition) is 2. The van der Waals surface area contributed by atoms with Gasteiger partial charge in [-0.05, 0) is 36.6 Å². The molecule has 0 heterocycles. The molecule has 0 amide bonds. The van der Waals surface area contributed by atoms with Crippen LogP contribution >= 0.6 is 11.8 Å². The Labute approximate surface area is 123 Å². The van der Waals surface area contributed by atoms with Gasteiger partial charge in [-0.2, -0.15) is 0 Å². The zero-order chi connectivity index (χ0) is 14.5. The van der Waals surface area contributed by atoms with E-state index in [0.717, 1.165) is 16.9 Å². The highest BCUT2D eigenvalue weighted by Gasteiger charge is 2.07. The van der Waals surface area contributed by atoms with Crippen molar-refractivity contribution in [1.82, 2.24) is 0 Å². The van der Waals surface area contributed by atoms with Crippen molar-refractivity contribution in [2.45, 2.75) is 30.9 Å². The summed E-state index contributed by atoms with van der Waals surface area (Å²) in [6.45, 7) is 4.19. The fraction of sp³-hybridized carbons (Fsp3) is 0.235. The van der Waals surface area contributed by atoms with Crippen LogP contribution in [0.1, 0.15) is 22.3 Å². The second-order valence-corrected chi connectivity index (χ2v) is 5.91. The quantitative estimate of drug-likeness (QED) is 0.836. The Morgan fingerprint density at radius 1 is 1.10 bits per heavy atom. The number of hydrogen-bond donors (Lipinski definition) is 1. The topological polar surface area (TPSA) is 37.3 Å². The number of carbonyl (C=O) groups is 1. The van der Waals surface area contributed by atoms with E-state index in [9.17, 15) is 4.79 Å². The molecular formula is C17H18O2S. The average molecular weight is 286 g/mol. The Hall–Kier alpha value is -1.74. The molecule has 1 N–H and O–H groups in total. The van der Waals surface area contributed by atoms with Crippen LogP contribution in [0.5, 0.6) is 0 Å². The van der Waals surface area contributed by atoms with Gasteiger partial charge in [0.1, 0.15) is 0 Å². The summed E-state index contributed by atoms with van der Waals surface area (Å²) in [5, 5.41) is 8.95. The maximum Gasteiger partial charge on any atom is 0.307 e. The number of thioether (sulfide) groups is 1. The molecule has 20 heavy (non-hydrogen) atoms. The fourth-order valence-electron chi connectivity index (χ4n) is 2.05. The Morgan fingerprint density at radius 2 is 1.80 bits per heavy atom. The predicted molar refractivity (Wildman–Crippen MR) is 83.3 cm³/mol. The van der Waals surface area contributed by atoms with E-state index >= 15 is 0 Å². The summed E-state index contributed by atoms with van der Waals surface area (Å²) in [5.74, 6) is 0.0162. The van der Waals surface area contributed by atoms with Gasteiger partial charge in [0.2, 0.25) is 0 Å². The lowest BCUT2D eigenvalue weighted by Gasteiger charge is -2.10. The van der Waals surface area contributed by atoms with Crippen LogP contribution in [0, 0.1) is 13.8 Å². The summed E-state index contributed by atoms with van der Waals surface area (Å²) in [6.07, 6.45) is 0.0868. The Bertz CT molecular complexity index is 620. The zero-order valence-corrected chi connectivity index (χ0v) is 12.5. The molecule has 0 saturated heterocycles. The number of aliphatic carboxylic acids is 1. The minimum absolute atomic E-state index is 0.0868. The Balaban J connectivity index is 2.14. The first-order valence-corrected chi connectivity index (χ1v) is 7.53. The molecule has 0 spiro atoms. The molecule has 0 unspecified atom stereocenters. The molecule has 3 heteroatoms. The maximum absolute atomic E-state index is 10.9. The van der Waals surface area contributed by atoms with Crippen LogP contribution in [-0.4, -0.2) is 11.1 Å². The number of rotatable bonds is 5. The van der Waals surface area contributed by atoms with Crippen molar-refractivity contribution in [3.05, 3.63) is 64.7 Å². The number of benzene rings is 2. The highest BCUT2D eigenvalue weighted by Crippen LogP contribution is 2.28. The summed E-state index contributed by atoms with van der Waals surface area (Å²) in [6, 6.07) is 14.2. The van der Waals surface area contributed by atoms with E-state index in [1.165, 1.54) is 16.0 Å². The standard InChI is InChI=1S/C17H18O2S/c1-12-7-8-13(2)16(9-12)20-11-15-6-4-3-5-14(15)10-17(18)19/h3-9H,10-11H2,1-2H3,(H,18,19). The normalized spacial score (nSPS) is 10.5. The Kier molecular flexibility index (Phi) is 4.85. The first-order chi connectivity index (χ1) is 9.56. The van der Waals surface area contributed by atoms with Crippen molar-refractivity contribution >= 4 is 17.7 Å². The highest BCUT2D eigenvalue weighted by molar-refractivity contribution is 7.98. The number of carboxylic acid groups (broad SMARTS) is 1. The summed E-state index contributed by atoms with van der Waals surface area (Å²) in [7, 11) is 0. The molecule has 2 rings (SSSR count). The molecule has 2 nitrogen and oxygen atoms in total. The van der Waals surface area contributed by atoms with E-state index in [0.29, 0.717) is 0 Å². The molecule has 0 saturated carbocycles. The third-order valence-corrected chi connectivity index (χ3v) is 4.39. The van der Waals surface area contributed by atoms with Gasteiger partial charge >= 0.3 is 5.97 Å². The first-order valence-electron chi connectivity index (χ1n) is 6.55. The van der Waals surface area contributed by atoms with Gasteiger partial charge in [0.25, 0.3) is 0 Å². The largest absolute Gasteiger partial charge is 0.481 e. The summed E-state index contributed by atoms with van der Waals surface area (Å²) in [4.78, 5) is 12.1. The van der Waals surface area contributed by atoms with Crippen molar-refractivity contribution in [3.8, 4) is 0 Å². The van der Waals surface area contributed by atoms with Crippen LogP contribution in [-0.2, 0) is 17.0 Å². The SMILES string of the molecule is Cc1ccc(C)c(SCc2ccccc2CC(=O)O)c1. The lowest BCUT2D eigenvalue weighted by atomic mass is 10.1. The minimum Gasteiger partial charge on any atom is -0.481 e. The van der Waals surface area contributed by atoms with Crippen molar-refractivity contribution in [3.63, 3.8) is 0 Å². The fourth-order valence-corrected chi connectivity index (χ4v) is 3.21. The lowest BCUT2D eigenvalue weighted by Crippen LogP contribution is -2.02. The second-order valence-electron chi connectivity index (χ2n) is 4.90. The third-order valence-electron chi connectivity index (χ3n) is 3.19. The van der Waals surface area contributed by atoms with E-state index in [-0.39, 0.29) is 6.42 Å². The number of carboxylic acids is 1. The van der Waals surface area contributed by atoms with Crippen LogP contribution in [0.15, 0.2) is 47.4 Å². The van der Waals surface area contributed by atoms with Gasteiger partial charge in [-0.15, -0.1) is 11.8 Å². The molecular weight excluding hydrogens is 268 g/mol. The van der Waals surface area contributed by atoms with Crippen molar-refractivity contribution < 1.29 is 9.90 Å². The highest BCUT2D eigenvalue weighted by atomic mass is 32.2. The van der Waals surface area contributed by atoms with Gasteiger partial charge in [-0.1, -0.05) is 42.0 Å². The van der Waals surface area contributed by atoms with Gasteiger partial charge in [0.05, 0.1) is 6.42 Å². The smallest absolute Gasteiger partial charge is 0.307 e. The summed E-state index contributed by atoms with van der Waals surface area (Å²) in [5.41, 5.74) is 4.51. The molecule has 0 aliphatic heterocycles. The van der Waals surface area contributed by atoms with Crippen molar-refractivity contribution in [2.75, 3.05) is 0 Å². The van der Waals surface area contributed by atoms with Crippen molar-refractivity contribution in [1.29, 1.82) is 0 Å². The van der Waals surface area contributed by atoms with Gasteiger partial charge in [0, 0.05) is 10.6 Å². The van der Waals surface area contributed by atoms with Gasteiger partial charge in [-0.25, -0.2) is 0 Å². The van der Waals surface area contributed by atoms with E-state index in [1.54, 1.807) is 11.8 Å². The molecule has 0 aliphatic carbocycles. The van der Waals surface area contributed by atoms with Crippen LogP contribution in [0.4, 0.5) is 0 Å². The van der Waals surface area contributed by atoms with E-state index < -0.39 is 5.97 Å². The third kappa shape index (κ3) is 3.87. The van der Waals surface area contributed by atoms with E-state index in [1.807, 2.05) is 24.3 Å². The lowest BCUT2D eigenvalue weighted by molar-refractivity contribution is -0.136. The van der Waals surface area contributed by atoms with Crippen LogP contribution in [0.3, 0.4) is 0 Å². The van der Waals surface area contributed by atoms with Gasteiger partial charge in [-0.3, -0.25) is 4.79 Å². The maximum atomic E-state index is 10.9. The second kappa shape index (κ2) is 6.62. The monoisotopic (exact) mass is 286 g/mol. The van der Waals surface area contributed by atoms with Crippen LogP contribution in [0.2, 0.25) is 0 Å². The van der Waals surface area contributed by atoms with Gasteiger partial charge < -0.3 is 5.11 Å². The van der Waals surface area contributed by atoms with Gasteiger partial charge in [0.15, 0.2) is 0 Å². The summed E-state index contributed by atoms with van der Waals surface area (Å²) < 4.78 is 0. The molecule has 0 aromatic heterocycles. The predicted octanol–water partition coefficient (Wildman–Crippen LogP) is 4.22. The summed E-state index contributed by atoms with van der Waals surface area (Å²) >= 11 is 1.76. The molecule has 0 aliphatic rings. The molecule has 104 valence electrons. The Morgan fingerprint density at radius 3 is 2.50 bits per heavy atom. The molecule has 0 atom stereocenters. The first kappa shape index (κ1) is 14.7. The van der Waals surface area contributed by atoms with Crippen LogP contribution < -0.4 is 0 Å².